The summed E-state index contributed by atoms with van der Waals surface area (Å²) in [6.07, 6.45) is 2.95. The molecular weight excluding hydrogens is 258 g/mol. The molecular formula is C14H23N3O3. The lowest BCUT2D eigenvalue weighted by molar-refractivity contribution is 0.117. The molecule has 1 aromatic heterocycles. The zero-order valence-electron chi connectivity index (χ0n) is 12.3. The molecule has 6 nitrogen and oxygen atoms in total. The third kappa shape index (κ3) is 3.50. The van der Waals surface area contributed by atoms with E-state index in [1.54, 1.807) is 0 Å². The first-order valence-corrected chi connectivity index (χ1v) is 7.15. The molecule has 0 aromatic carbocycles. The second-order valence-corrected chi connectivity index (χ2v) is 5.58. The van der Waals surface area contributed by atoms with Crippen molar-refractivity contribution in [1.29, 1.82) is 0 Å². The van der Waals surface area contributed by atoms with Crippen molar-refractivity contribution in [3.8, 4) is 0 Å². The summed E-state index contributed by atoms with van der Waals surface area (Å²) in [6.45, 7) is 5.62. The van der Waals surface area contributed by atoms with Crippen LogP contribution in [0.5, 0.6) is 0 Å². The normalized spacial score (nSPS) is 24.2. The Kier molecular flexibility index (Phi) is 4.65. The Hall–Kier alpha value is -1.56. The molecule has 0 saturated heterocycles. The molecule has 0 spiro atoms. The molecule has 6 heteroatoms. The van der Waals surface area contributed by atoms with E-state index in [4.69, 9.17) is 4.52 Å². The van der Waals surface area contributed by atoms with E-state index in [1.807, 2.05) is 20.8 Å². The van der Waals surface area contributed by atoms with Crippen molar-refractivity contribution in [3.63, 3.8) is 0 Å². The van der Waals surface area contributed by atoms with E-state index < -0.39 is 0 Å². The molecule has 1 aromatic rings. The van der Waals surface area contributed by atoms with E-state index in [9.17, 15) is 9.90 Å². The number of aryl methyl sites for hydroxylation is 2. The molecule has 3 N–H and O–H groups in total. The van der Waals surface area contributed by atoms with Crippen LogP contribution < -0.4 is 10.6 Å². The lowest BCUT2D eigenvalue weighted by Crippen LogP contribution is -2.44. The lowest BCUT2D eigenvalue weighted by atomic mass is 9.93. The van der Waals surface area contributed by atoms with Gasteiger partial charge in [-0.2, -0.15) is 0 Å². The third-order valence-electron chi connectivity index (χ3n) is 3.90. The van der Waals surface area contributed by atoms with E-state index in [0.717, 1.165) is 42.7 Å². The van der Waals surface area contributed by atoms with E-state index in [-0.39, 0.29) is 24.2 Å². The van der Waals surface area contributed by atoms with Crippen molar-refractivity contribution in [3.05, 3.63) is 17.0 Å². The summed E-state index contributed by atoms with van der Waals surface area (Å²) in [4.78, 5) is 12.0. The number of carbonyl (C=O) groups excluding carboxylic acids is 1. The molecule has 2 rings (SSSR count). The van der Waals surface area contributed by atoms with Gasteiger partial charge in [0, 0.05) is 11.6 Å². The first kappa shape index (κ1) is 14.8. The summed E-state index contributed by atoms with van der Waals surface area (Å²) in [6, 6.07) is -0.176. The number of nitrogens with one attached hydrogen (secondary N) is 2. The number of aliphatic hydroxyl groups is 1. The molecule has 0 aliphatic heterocycles. The van der Waals surface area contributed by atoms with Crippen molar-refractivity contribution < 1.29 is 14.4 Å². The molecule has 0 bridgehead atoms. The highest BCUT2D eigenvalue weighted by atomic mass is 16.5. The average molecular weight is 281 g/mol. The van der Waals surface area contributed by atoms with Crippen LogP contribution in [-0.2, 0) is 0 Å². The van der Waals surface area contributed by atoms with Gasteiger partial charge in [0.25, 0.3) is 0 Å². The van der Waals surface area contributed by atoms with Crippen molar-refractivity contribution >= 4 is 6.03 Å². The van der Waals surface area contributed by atoms with Gasteiger partial charge in [0.15, 0.2) is 0 Å². The van der Waals surface area contributed by atoms with Gasteiger partial charge < -0.3 is 20.3 Å². The van der Waals surface area contributed by atoms with E-state index in [2.05, 4.69) is 15.8 Å². The summed E-state index contributed by atoms with van der Waals surface area (Å²) in [7, 11) is 0. The number of aromatic nitrogens is 1. The standard InChI is InChI=1S/C14H23N3O3/c1-8(13-9(2)17-20-10(13)3)15-14(19)16-11-4-6-12(18)7-5-11/h8,11-12,18H,4-7H2,1-3H3,(H2,15,16,19). The Morgan fingerprint density at radius 3 is 2.55 bits per heavy atom. The molecule has 1 saturated carbocycles. The highest BCUT2D eigenvalue weighted by Gasteiger charge is 2.22. The van der Waals surface area contributed by atoms with Crippen LogP contribution in [0.15, 0.2) is 4.52 Å². The number of rotatable bonds is 3. The van der Waals surface area contributed by atoms with E-state index in [0.29, 0.717) is 0 Å². The quantitative estimate of drug-likeness (QED) is 0.790. The molecule has 0 radical (unpaired) electrons. The smallest absolute Gasteiger partial charge is 0.315 e. The van der Waals surface area contributed by atoms with Gasteiger partial charge in [-0.3, -0.25) is 0 Å². The number of hydrogen-bond acceptors (Lipinski definition) is 4. The maximum absolute atomic E-state index is 12.0. The minimum atomic E-state index is -0.211. The molecule has 1 atom stereocenters. The fourth-order valence-corrected chi connectivity index (χ4v) is 2.82. The van der Waals surface area contributed by atoms with Crippen LogP contribution in [0.1, 0.15) is 55.7 Å². The zero-order valence-corrected chi connectivity index (χ0v) is 12.3. The van der Waals surface area contributed by atoms with Crippen LogP contribution >= 0.6 is 0 Å². The maximum Gasteiger partial charge on any atom is 0.315 e. The van der Waals surface area contributed by atoms with Gasteiger partial charge in [-0.25, -0.2) is 4.79 Å². The van der Waals surface area contributed by atoms with Crippen LogP contribution in [0.3, 0.4) is 0 Å². The maximum atomic E-state index is 12.0. The Balaban J connectivity index is 1.85. The molecule has 1 fully saturated rings. The molecule has 2 amide bonds. The highest BCUT2D eigenvalue weighted by molar-refractivity contribution is 5.74. The average Bonchev–Trinajstić information content (AvgIpc) is 2.72. The Bertz CT molecular complexity index is 445. The van der Waals surface area contributed by atoms with Gasteiger partial charge in [0.1, 0.15) is 5.76 Å². The summed E-state index contributed by atoms with van der Waals surface area (Å²) < 4.78 is 5.11. The van der Waals surface area contributed by atoms with Gasteiger partial charge in [-0.15, -0.1) is 0 Å². The van der Waals surface area contributed by atoms with Gasteiger partial charge >= 0.3 is 6.03 Å². The number of urea groups is 1. The first-order valence-electron chi connectivity index (χ1n) is 7.15. The minimum absolute atomic E-state index is 0.143. The first-order chi connectivity index (χ1) is 9.47. The summed E-state index contributed by atoms with van der Waals surface area (Å²) >= 11 is 0. The summed E-state index contributed by atoms with van der Waals surface area (Å²) in [5.74, 6) is 0.732. The molecule has 1 unspecified atom stereocenters. The number of aliphatic hydroxyl groups excluding tert-OH is 1. The van der Waals surface area contributed by atoms with E-state index >= 15 is 0 Å². The van der Waals surface area contributed by atoms with Crippen LogP contribution in [0.2, 0.25) is 0 Å². The van der Waals surface area contributed by atoms with Crippen molar-refractivity contribution in [2.75, 3.05) is 0 Å². The highest BCUT2D eigenvalue weighted by Crippen LogP contribution is 2.21. The van der Waals surface area contributed by atoms with Crippen LogP contribution in [0.4, 0.5) is 4.79 Å². The van der Waals surface area contributed by atoms with Gasteiger partial charge in [0.2, 0.25) is 0 Å². The predicted molar refractivity (Wildman–Crippen MR) is 74.3 cm³/mol. The Labute approximate surface area is 118 Å². The molecule has 1 aliphatic rings. The fourth-order valence-electron chi connectivity index (χ4n) is 2.82. The van der Waals surface area contributed by atoms with Gasteiger partial charge in [-0.05, 0) is 46.5 Å². The van der Waals surface area contributed by atoms with Gasteiger partial charge in [-0.1, -0.05) is 5.16 Å². The lowest BCUT2D eigenvalue weighted by Gasteiger charge is -2.27. The fraction of sp³-hybridized carbons (Fsp3) is 0.714. The van der Waals surface area contributed by atoms with Crippen LogP contribution in [0, 0.1) is 13.8 Å². The Morgan fingerprint density at radius 1 is 1.35 bits per heavy atom. The summed E-state index contributed by atoms with van der Waals surface area (Å²) in [5, 5.41) is 19.2. The largest absolute Gasteiger partial charge is 0.393 e. The number of nitrogens with zero attached hydrogens (tertiary/aromatic N) is 1. The number of hydrogen-bond donors (Lipinski definition) is 3. The topological polar surface area (TPSA) is 87.4 Å². The van der Waals surface area contributed by atoms with Crippen molar-refractivity contribution in [1.82, 2.24) is 15.8 Å². The van der Waals surface area contributed by atoms with Gasteiger partial charge in [0.05, 0.1) is 17.8 Å². The molecule has 1 aliphatic carbocycles. The monoisotopic (exact) mass is 281 g/mol. The Morgan fingerprint density at radius 2 is 2.00 bits per heavy atom. The van der Waals surface area contributed by atoms with E-state index in [1.165, 1.54) is 0 Å². The van der Waals surface area contributed by atoms with Crippen molar-refractivity contribution in [2.24, 2.45) is 0 Å². The second kappa shape index (κ2) is 6.26. The number of amides is 2. The predicted octanol–water partition coefficient (Wildman–Crippen LogP) is 1.96. The summed E-state index contributed by atoms with van der Waals surface area (Å²) in [5.41, 5.74) is 1.73. The molecule has 20 heavy (non-hydrogen) atoms. The SMILES string of the molecule is Cc1noc(C)c1C(C)NC(=O)NC1CCC(O)CC1. The third-order valence-corrected chi connectivity index (χ3v) is 3.90. The van der Waals surface area contributed by atoms with Crippen LogP contribution in [-0.4, -0.2) is 28.4 Å². The van der Waals surface area contributed by atoms with Crippen molar-refractivity contribution in [2.45, 2.75) is 64.6 Å². The molecule has 1 heterocycles. The molecule has 112 valence electrons. The second-order valence-electron chi connectivity index (χ2n) is 5.58. The van der Waals surface area contributed by atoms with Crippen LogP contribution in [0.25, 0.3) is 0 Å². The minimum Gasteiger partial charge on any atom is -0.393 e. The number of carbonyl (C=O) groups is 1. The zero-order chi connectivity index (χ0) is 14.7.